The molecule has 6 heterocycles. The second kappa shape index (κ2) is 7.50. The fraction of sp³-hybridized carbons (Fsp3) is 0.391. The molecular weight excluding hydrogens is 426 g/mol. The maximum atomic E-state index is 13.3. The summed E-state index contributed by atoms with van der Waals surface area (Å²) in [5.41, 5.74) is 3.41. The molecular formula is C23H24F2N8. The molecule has 6 rings (SSSR count). The van der Waals surface area contributed by atoms with Crippen molar-refractivity contribution in [2.24, 2.45) is 5.92 Å². The second-order valence-corrected chi connectivity index (χ2v) is 9.18. The van der Waals surface area contributed by atoms with Gasteiger partial charge in [0, 0.05) is 37.6 Å². The molecule has 2 atom stereocenters. The van der Waals surface area contributed by atoms with E-state index in [-0.39, 0.29) is 13.1 Å². The molecule has 0 bridgehead atoms. The Hall–Kier alpha value is -3.56. The van der Waals surface area contributed by atoms with E-state index in [9.17, 15) is 8.78 Å². The molecule has 0 radical (unpaired) electrons. The molecule has 2 aliphatic heterocycles. The maximum absolute atomic E-state index is 13.3. The third-order valence-corrected chi connectivity index (χ3v) is 6.54. The van der Waals surface area contributed by atoms with Gasteiger partial charge in [0.2, 0.25) is 0 Å². The third kappa shape index (κ3) is 3.69. The van der Waals surface area contributed by atoms with Crippen molar-refractivity contribution in [3.05, 3.63) is 54.7 Å². The predicted octanol–water partition coefficient (Wildman–Crippen LogP) is 3.60. The lowest BCUT2D eigenvalue weighted by molar-refractivity contribution is -0.0262. The predicted molar refractivity (Wildman–Crippen MR) is 121 cm³/mol. The number of nitrogens with zero attached hydrogens (tertiary/aromatic N) is 7. The summed E-state index contributed by atoms with van der Waals surface area (Å²) >= 11 is 0. The molecule has 0 saturated carbocycles. The molecule has 1 N–H and O–H groups in total. The van der Waals surface area contributed by atoms with Crippen LogP contribution in [0.3, 0.4) is 0 Å². The number of rotatable bonds is 4. The van der Waals surface area contributed by atoms with Crippen LogP contribution >= 0.6 is 0 Å². The minimum atomic E-state index is -2.62. The molecule has 10 heteroatoms. The summed E-state index contributed by atoms with van der Waals surface area (Å²) in [4.78, 5) is 17.8. The molecule has 0 aliphatic carbocycles. The molecule has 2 saturated heterocycles. The van der Waals surface area contributed by atoms with E-state index >= 15 is 0 Å². The zero-order valence-corrected chi connectivity index (χ0v) is 18.2. The Labute approximate surface area is 189 Å². The minimum absolute atomic E-state index is 0.264. The number of H-pyrrole nitrogens is 1. The van der Waals surface area contributed by atoms with Crippen molar-refractivity contribution in [3.63, 3.8) is 0 Å². The van der Waals surface area contributed by atoms with Gasteiger partial charge in [0.05, 0.1) is 31.2 Å². The zero-order valence-electron chi connectivity index (χ0n) is 18.2. The summed E-state index contributed by atoms with van der Waals surface area (Å²) in [7, 11) is 0. The number of halogens is 2. The normalized spacial score (nSPS) is 22.5. The number of pyridine rings is 1. The van der Waals surface area contributed by atoms with Crippen molar-refractivity contribution in [1.29, 1.82) is 0 Å². The lowest BCUT2D eigenvalue weighted by atomic mass is 9.87. The number of anilines is 2. The van der Waals surface area contributed by atoms with Crippen molar-refractivity contribution in [2.75, 3.05) is 36.0 Å². The molecule has 4 aromatic heterocycles. The average Bonchev–Trinajstić information content (AvgIpc) is 3.47. The summed E-state index contributed by atoms with van der Waals surface area (Å²) in [6.45, 7) is 3.51. The van der Waals surface area contributed by atoms with Crippen molar-refractivity contribution in [3.8, 4) is 11.5 Å². The van der Waals surface area contributed by atoms with Gasteiger partial charge in [-0.25, -0.2) is 23.7 Å². The van der Waals surface area contributed by atoms with Crippen LogP contribution in [-0.4, -0.2) is 61.7 Å². The first kappa shape index (κ1) is 20.1. The summed E-state index contributed by atoms with van der Waals surface area (Å²) in [5, 5.41) is 7.03. The van der Waals surface area contributed by atoms with Crippen LogP contribution in [0.2, 0.25) is 0 Å². The number of fused-ring (bicyclic) bond motifs is 1. The summed E-state index contributed by atoms with van der Waals surface area (Å²) in [5.74, 6) is -0.286. The monoisotopic (exact) mass is 450 g/mol. The number of imidazole rings is 1. The first-order valence-electron chi connectivity index (χ1n) is 11.1. The maximum Gasteiger partial charge on any atom is 0.282 e. The van der Waals surface area contributed by atoms with Crippen molar-refractivity contribution >= 4 is 17.2 Å². The van der Waals surface area contributed by atoms with E-state index in [0.29, 0.717) is 17.7 Å². The highest BCUT2D eigenvalue weighted by atomic mass is 19.3. The Bertz CT molecular complexity index is 1280. The molecule has 2 aliphatic rings. The number of hydrogen-bond acceptors (Lipinski definition) is 6. The number of alkyl halides is 2. The Balaban J connectivity index is 1.31. The second-order valence-electron chi connectivity index (χ2n) is 9.18. The van der Waals surface area contributed by atoms with E-state index in [4.69, 9.17) is 4.98 Å². The quantitative estimate of drug-likeness (QED) is 0.512. The van der Waals surface area contributed by atoms with Crippen LogP contribution in [0.15, 0.2) is 49.2 Å². The Morgan fingerprint density at radius 3 is 2.73 bits per heavy atom. The standard InChI is InChI=1S/C23H24F2N8/c1-15-6-16(17-7-28-29-8-17)11-31(10-15)21-4-5-26-22(30-21)19-9-27-20-3-2-18(12-33(19)20)32-13-23(24,25)14-32/h2-5,7-9,12,15-16H,6,10-11,13-14H2,1H3,(H,28,29)/t15-,16-/m0/s1. The van der Waals surface area contributed by atoms with Crippen molar-refractivity contribution in [1.82, 2.24) is 29.5 Å². The van der Waals surface area contributed by atoms with E-state index in [1.165, 1.54) is 5.56 Å². The molecule has 170 valence electrons. The molecule has 8 nitrogen and oxygen atoms in total. The van der Waals surface area contributed by atoms with Gasteiger partial charge < -0.3 is 9.80 Å². The van der Waals surface area contributed by atoms with Crippen LogP contribution < -0.4 is 9.80 Å². The zero-order chi connectivity index (χ0) is 22.6. The lowest BCUT2D eigenvalue weighted by Crippen LogP contribution is -2.56. The number of hydrogen-bond donors (Lipinski definition) is 1. The smallest absolute Gasteiger partial charge is 0.282 e. The third-order valence-electron chi connectivity index (χ3n) is 6.54. The van der Waals surface area contributed by atoms with Gasteiger partial charge in [-0.2, -0.15) is 5.10 Å². The van der Waals surface area contributed by atoms with E-state index in [0.717, 1.165) is 42.4 Å². The van der Waals surface area contributed by atoms with Gasteiger partial charge in [-0.05, 0) is 36.1 Å². The summed E-state index contributed by atoms with van der Waals surface area (Å²) < 4.78 is 28.6. The summed E-state index contributed by atoms with van der Waals surface area (Å²) in [6, 6.07) is 5.59. The highest BCUT2D eigenvalue weighted by molar-refractivity contribution is 5.62. The highest BCUT2D eigenvalue weighted by Gasteiger charge is 2.44. The Morgan fingerprint density at radius 2 is 1.94 bits per heavy atom. The van der Waals surface area contributed by atoms with E-state index < -0.39 is 5.92 Å². The summed E-state index contributed by atoms with van der Waals surface area (Å²) in [6.07, 6.45) is 10.3. The van der Waals surface area contributed by atoms with Gasteiger partial charge >= 0.3 is 0 Å². The van der Waals surface area contributed by atoms with Gasteiger partial charge in [0.1, 0.15) is 17.2 Å². The number of piperidine rings is 1. The largest absolute Gasteiger partial charge is 0.358 e. The molecule has 33 heavy (non-hydrogen) atoms. The molecule has 0 unspecified atom stereocenters. The van der Waals surface area contributed by atoms with Crippen molar-refractivity contribution < 1.29 is 8.78 Å². The van der Waals surface area contributed by atoms with Crippen LogP contribution in [-0.2, 0) is 0 Å². The molecule has 0 amide bonds. The Kier molecular flexibility index (Phi) is 4.56. The van der Waals surface area contributed by atoms with Gasteiger partial charge in [0.25, 0.3) is 5.92 Å². The lowest BCUT2D eigenvalue weighted by Gasteiger charge is -2.40. The number of aromatic amines is 1. The molecule has 4 aromatic rings. The van der Waals surface area contributed by atoms with Gasteiger partial charge in [-0.15, -0.1) is 0 Å². The molecule has 2 fully saturated rings. The van der Waals surface area contributed by atoms with Crippen LogP contribution in [0.25, 0.3) is 17.2 Å². The van der Waals surface area contributed by atoms with Gasteiger partial charge in [-0.1, -0.05) is 6.92 Å². The number of nitrogens with one attached hydrogen (secondary N) is 1. The van der Waals surface area contributed by atoms with Crippen LogP contribution in [0.1, 0.15) is 24.8 Å². The van der Waals surface area contributed by atoms with Gasteiger partial charge in [-0.3, -0.25) is 9.50 Å². The Morgan fingerprint density at radius 1 is 1.06 bits per heavy atom. The first-order chi connectivity index (χ1) is 15.9. The highest BCUT2D eigenvalue weighted by Crippen LogP contribution is 2.34. The molecule has 0 aromatic carbocycles. The van der Waals surface area contributed by atoms with E-state index in [1.54, 1.807) is 17.3 Å². The van der Waals surface area contributed by atoms with E-state index in [2.05, 4.69) is 32.0 Å². The molecule has 0 spiro atoms. The van der Waals surface area contributed by atoms with Crippen LogP contribution in [0.4, 0.5) is 20.3 Å². The fourth-order valence-electron chi connectivity index (χ4n) is 4.93. The van der Waals surface area contributed by atoms with E-state index in [1.807, 2.05) is 41.2 Å². The van der Waals surface area contributed by atoms with Crippen LogP contribution in [0, 0.1) is 5.92 Å². The first-order valence-corrected chi connectivity index (χ1v) is 11.1. The van der Waals surface area contributed by atoms with Crippen LogP contribution in [0.5, 0.6) is 0 Å². The SMILES string of the molecule is C[C@H]1C[C@H](c2cn[nH]c2)CN(c2ccnc(-c3cnc4ccc(N5CC(F)(F)C5)cn34)n2)C1. The number of aromatic nitrogens is 6. The minimum Gasteiger partial charge on any atom is -0.358 e. The topological polar surface area (TPSA) is 78.2 Å². The van der Waals surface area contributed by atoms with Crippen molar-refractivity contribution in [2.45, 2.75) is 25.2 Å². The fourth-order valence-corrected chi connectivity index (χ4v) is 4.93. The average molecular weight is 450 g/mol. The van der Waals surface area contributed by atoms with Gasteiger partial charge in [0.15, 0.2) is 5.82 Å².